The Balaban J connectivity index is 1.31. The van der Waals surface area contributed by atoms with Gasteiger partial charge in [-0.1, -0.05) is 16.8 Å². The highest BCUT2D eigenvalue weighted by Gasteiger charge is 2.21. The third-order valence-electron chi connectivity index (χ3n) is 6.83. The fourth-order valence-corrected chi connectivity index (χ4v) is 5.14. The second-order valence-electron chi connectivity index (χ2n) is 9.48. The fraction of sp³-hybridized carbons (Fsp3) is 0.370. The molecule has 2 aliphatic heterocycles. The number of aromatic nitrogens is 2. The first-order chi connectivity index (χ1) is 17.5. The molecular formula is C27H28ClN3O5. The van der Waals surface area contributed by atoms with Crippen LogP contribution in [0.3, 0.4) is 0 Å². The number of hydrogen-bond donors (Lipinski definition) is 1. The van der Waals surface area contributed by atoms with Crippen molar-refractivity contribution in [2.75, 3.05) is 19.9 Å². The van der Waals surface area contributed by atoms with Gasteiger partial charge in [0.1, 0.15) is 23.8 Å². The number of ether oxygens (including phenoxy) is 3. The Hall–Kier alpha value is -3.20. The summed E-state index contributed by atoms with van der Waals surface area (Å²) in [4.78, 5) is 2.39. The van der Waals surface area contributed by atoms with Crippen LogP contribution in [-0.4, -0.2) is 45.7 Å². The topological polar surface area (TPSA) is 82.1 Å². The number of halogens is 1. The van der Waals surface area contributed by atoms with Gasteiger partial charge in [-0.2, -0.15) is 0 Å². The van der Waals surface area contributed by atoms with E-state index in [2.05, 4.69) is 33.0 Å². The van der Waals surface area contributed by atoms with E-state index in [9.17, 15) is 5.11 Å². The molecule has 1 fully saturated rings. The van der Waals surface area contributed by atoms with Gasteiger partial charge in [0.2, 0.25) is 6.79 Å². The molecule has 1 N–H and O–H groups in total. The first kappa shape index (κ1) is 23.2. The summed E-state index contributed by atoms with van der Waals surface area (Å²) in [5.41, 5.74) is 4.03. The van der Waals surface area contributed by atoms with E-state index in [0.29, 0.717) is 23.9 Å². The van der Waals surface area contributed by atoms with Crippen LogP contribution >= 0.6 is 11.6 Å². The zero-order valence-electron chi connectivity index (χ0n) is 20.1. The van der Waals surface area contributed by atoms with Gasteiger partial charge in [-0.15, -0.1) is 0 Å². The van der Waals surface area contributed by atoms with E-state index in [4.69, 9.17) is 30.3 Å². The van der Waals surface area contributed by atoms with Crippen molar-refractivity contribution in [3.8, 4) is 17.2 Å². The molecule has 0 atom stereocenters. The molecule has 2 aliphatic rings. The molecule has 9 heteroatoms. The summed E-state index contributed by atoms with van der Waals surface area (Å²) < 4.78 is 24.4. The van der Waals surface area contributed by atoms with Crippen LogP contribution in [0.1, 0.15) is 35.4 Å². The number of aryl methyl sites for hydroxylation is 1. The van der Waals surface area contributed by atoms with Crippen LogP contribution in [0, 0.1) is 6.92 Å². The van der Waals surface area contributed by atoms with Crippen molar-refractivity contribution in [1.82, 2.24) is 14.6 Å². The maximum atomic E-state index is 9.93. The molecule has 8 nitrogen and oxygen atoms in total. The molecule has 0 aliphatic carbocycles. The van der Waals surface area contributed by atoms with Crippen molar-refractivity contribution < 1.29 is 23.8 Å². The average Bonchev–Trinajstić information content (AvgIpc) is 3.58. The Morgan fingerprint density at radius 2 is 1.86 bits per heavy atom. The summed E-state index contributed by atoms with van der Waals surface area (Å²) in [7, 11) is 0. The van der Waals surface area contributed by atoms with Crippen LogP contribution in [0.4, 0.5) is 0 Å². The lowest BCUT2D eigenvalue weighted by atomic mass is 10.1. The molecule has 0 amide bonds. The third-order valence-corrected chi connectivity index (χ3v) is 7.18. The van der Waals surface area contributed by atoms with Crippen LogP contribution < -0.4 is 14.2 Å². The predicted octanol–water partition coefficient (Wildman–Crippen LogP) is 4.90. The number of fused-ring (bicyclic) bond motifs is 2. The summed E-state index contributed by atoms with van der Waals surface area (Å²) in [5, 5.41) is 15.7. The lowest BCUT2D eigenvalue weighted by Gasteiger charge is -2.29. The van der Waals surface area contributed by atoms with Crippen LogP contribution in [0.25, 0.3) is 10.9 Å². The smallest absolute Gasteiger partial charge is 0.231 e. The largest absolute Gasteiger partial charge is 0.487 e. The molecule has 0 bridgehead atoms. The zero-order chi connectivity index (χ0) is 24.6. The van der Waals surface area contributed by atoms with Crippen molar-refractivity contribution in [3.05, 3.63) is 70.2 Å². The number of nitrogens with zero attached hydrogens (tertiary/aromatic N) is 3. The standard InChI is InChI=1S/C27H28ClN3O5/c1-17-8-20(29-36-17)15-33-22-2-3-25-23(10-22)19(12-30-6-4-21(32)5-7-30)14-31(25)13-18-9-26-27(11-24(18)28)35-16-34-26/h2-3,8-11,14,21,32H,4-7,12-13,15-16H2,1H3. The van der Waals surface area contributed by atoms with E-state index < -0.39 is 0 Å². The minimum atomic E-state index is -0.198. The molecule has 36 heavy (non-hydrogen) atoms. The number of rotatable bonds is 7. The van der Waals surface area contributed by atoms with E-state index in [-0.39, 0.29) is 12.9 Å². The van der Waals surface area contributed by atoms with Crippen molar-refractivity contribution in [3.63, 3.8) is 0 Å². The average molecular weight is 510 g/mol. The van der Waals surface area contributed by atoms with E-state index in [0.717, 1.165) is 71.9 Å². The molecule has 188 valence electrons. The lowest BCUT2D eigenvalue weighted by molar-refractivity contribution is 0.0794. The van der Waals surface area contributed by atoms with Crippen molar-refractivity contribution in [2.45, 2.75) is 45.6 Å². The lowest BCUT2D eigenvalue weighted by Crippen LogP contribution is -2.35. The molecule has 0 spiro atoms. The summed E-state index contributed by atoms with van der Waals surface area (Å²) >= 11 is 6.60. The number of benzene rings is 2. The minimum absolute atomic E-state index is 0.198. The monoisotopic (exact) mass is 509 g/mol. The van der Waals surface area contributed by atoms with Crippen LogP contribution in [0.2, 0.25) is 5.02 Å². The molecule has 0 radical (unpaired) electrons. The molecule has 0 saturated carbocycles. The molecule has 4 heterocycles. The molecule has 4 aromatic rings. The highest BCUT2D eigenvalue weighted by molar-refractivity contribution is 6.31. The highest BCUT2D eigenvalue weighted by Crippen LogP contribution is 2.38. The Bertz CT molecular complexity index is 1390. The number of aliphatic hydroxyl groups excluding tert-OH is 1. The van der Waals surface area contributed by atoms with Gasteiger partial charge in [-0.3, -0.25) is 4.90 Å². The SMILES string of the molecule is Cc1cc(COc2ccc3c(c2)c(CN2CCC(O)CC2)cn3Cc2cc3c(cc2Cl)OCO3)no1. The second-order valence-corrected chi connectivity index (χ2v) is 9.89. The second kappa shape index (κ2) is 9.69. The Morgan fingerprint density at radius 1 is 1.06 bits per heavy atom. The van der Waals surface area contributed by atoms with Crippen molar-refractivity contribution >= 4 is 22.5 Å². The normalized spacial score (nSPS) is 16.2. The first-order valence-electron chi connectivity index (χ1n) is 12.2. The van der Waals surface area contributed by atoms with Gasteiger partial charge in [-0.25, -0.2) is 0 Å². The summed E-state index contributed by atoms with van der Waals surface area (Å²) in [6.07, 6.45) is 3.60. The molecule has 0 unspecified atom stereocenters. The van der Waals surface area contributed by atoms with Crippen LogP contribution in [-0.2, 0) is 19.7 Å². The minimum Gasteiger partial charge on any atom is -0.487 e. The van der Waals surface area contributed by atoms with Gasteiger partial charge in [0.05, 0.1) is 6.10 Å². The van der Waals surface area contributed by atoms with E-state index in [1.807, 2.05) is 31.2 Å². The Kier molecular flexibility index (Phi) is 6.25. The van der Waals surface area contributed by atoms with Gasteiger partial charge in [0.15, 0.2) is 11.5 Å². The number of likely N-dealkylation sites (tertiary alicyclic amines) is 1. The highest BCUT2D eigenvalue weighted by atomic mass is 35.5. The van der Waals surface area contributed by atoms with E-state index >= 15 is 0 Å². The van der Waals surface area contributed by atoms with Gasteiger partial charge in [-0.05, 0) is 55.2 Å². The van der Waals surface area contributed by atoms with Crippen molar-refractivity contribution in [1.29, 1.82) is 0 Å². The third kappa shape index (κ3) is 4.76. The van der Waals surface area contributed by atoms with Crippen molar-refractivity contribution in [2.24, 2.45) is 0 Å². The van der Waals surface area contributed by atoms with Crippen LogP contribution in [0.15, 0.2) is 47.1 Å². The summed E-state index contributed by atoms with van der Waals surface area (Å²) in [6.45, 7) is 5.58. The van der Waals surface area contributed by atoms with Crippen LogP contribution in [0.5, 0.6) is 17.2 Å². The Morgan fingerprint density at radius 3 is 2.64 bits per heavy atom. The van der Waals surface area contributed by atoms with Gasteiger partial charge >= 0.3 is 0 Å². The zero-order valence-corrected chi connectivity index (χ0v) is 20.8. The number of piperidine rings is 1. The van der Waals surface area contributed by atoms with Gasteiger partial charge in [0.25, 0.3) is 0 Å². The molecule has 6 rings (SSSR count). The van der Waals surface area contributed by atoms with E-state index in [1.165, 1.54) is 5.56 Å². The number of aliphatic hydroxyl groups is 1. The van der Waals surface area contributed by atoms with E-state index in [1.54, 1.807) is 0 Å². The summed E-state index contributed by atoms with van der Waals surface area (Å²) in [6, 6.07) is 11.8. The molecular weight excluding hydrogens is 482 g/mol. The maximum absolute atomic E-state index is 9.93. The van der Waals surface area contributed by atoms with Gasteiger partial charge in [0, 0.05) is 60.4 Å². The van der Waals surface area contributed by atoms with Gasteiger partial charge < -0.3 is 28.4 Å². The summed E-state index contributed by atoms with van der Waals surface area (Å²) in [5.74, 6) is 2.93. The maximum Gasteiger partial charge on any atom is 0.231 e. The predicted molar refractivity (Wildman–Crippen MR) is 135 cm³/mol. The molecule has 2 aromatic heterocycles. The Labute approximate surface area is 213 Å². The quantitative estimate of drug-likeness (QED) is 0.379. The molecule has 2 aromatic carbocycles. The fourth-order valence-electron chi connectivity index (χ4n) is 4.92. The number of hydrogen-bond acceptors (Lipinski definition) is 7. The molecule has 1 saturated heterocycles. The first-order valence-corrected chi connectivity index (χ1v) is 12.5.